The van der Waals surface area contributed by atoms with Crippen LogP contribution in [0.3, 0.4) is 0 Å². The third-order valence-corrected chi connectivity index (χ3v) is 3.30. The molecule has 3 aromatic rings. The Bertz CT molecular complexity index is 734. The highest BCUT2D eigenvalue weighted by molar-refractivity contribution is 9.10. The lowest BCUT2D eigenvalue weighted by Gasteiger charge is -2.00. The van der Waals surface area contributed by atoms with Crippen LogP contribution in [0, 0.1) is 0 Å². The standard InChI is InChI=1S/C14H10BrN3O/c15-14-6-5-11-13(18-14)7-12(17-11)9-1-3-10(4-2-9)16-8-19/h1-8,17H,(H,16,19). The number of pyridine rings is 1. The Kier molecular flexibility index (Phi) is 3.05. The average Bonchev–Trinajstić information content (AvgIpc) is 2.83. The van der Waals surface area contributed by atoms with Gasteiger partial charge in [-0.15, -0.1) is 0 Å². The van der Waals surface area contributed by atoms with Crippen LogP contribution >= 0.6 is 15.9 Å². The van der Waals surface area contributed by atoms with Crippen molar-refractivity contribution < 1.29 is 4.79 Å². The average molecular weight is 316 g/mol. The summed E-state index contributed by atoms with van der Waals surface area (Å²) in [4.78, 5) is 18.1. The monoisotopic (exact) mass is 315 g/mol. The van der Waals surface area contributed by atoms with Crippen molar-refractivity contribution in [1.82, 2.24) is 9.97 Å². The minimum atomic E-state index is 0.666. The first-order chi connectivity index (χ1) is 9.26. The predicted molar refractivity (Wildman–Crippen MR) is 78.9 cm³/mol. The van der Waals surface area contributed by atoms with Gasteiger partial charge in [0.25, 0.3) is 0 Å². The van der Waals surface area contributed by atoms with Crippen molar-refractivity contribution in [1.29, 1.82) is 0 Å². The van der Waals surface area contributed by atoms with E-state index >= 15 is 0 Å². The summed E-state index contributed by atoms with van der Waals surface area (Å²) in [7, 11) is 0. The third-order valence-electron chi connectivity index (χ3n) is 2.86. The van der Waals surface area contributed by atoms with E-state index in [0.717, 1.165) is 32.6 Å². The molecule has 0 saturated carbocycles. The summed E-state index contributed by atoms with van der Waals surface area (Å²) in [5.74, 6) is 0. The predicted octanol–water partition coefficient (Wildman–Crippen LogP) is 3.56. The van der Waals surface area contributed by atoms with Crippen LogP contribution in [0.1, 0.15) is 0 Å². The van der Waals surface area contributed by atoms with Crippen LogP contribution in [0.15, 0.2) is 47.1 Å². The van der Waals surface area contributed by atoms with Crippen LogP contribution in [0.4, 0.5) is 5.69 Å². The summed E-state index contributed by atoms with van der Waals surface area (Å²) in [6.45, 7) is 0. The van der Waals surface area contributed by atoms with E-state index in [9.17, 15) is 4.79 Å². The van der Waals surface area contributed by atoms with Crippen LogP contribution in [0.5, 0.6) is 0 Å². The Morgan fingerprint density at radius 1 is 1.16 bits per heavy atom. The van der Waals surface area contributed by atoms with Gasteiger partial charge in [-0.3, -0.25) is 4.79 Å². The third kappa shape index (κ3) is 2.37. The molecule has 0 bridgehead atoms. The molecule has 0 fully saturated rings. The highest BCUT2D eigenvalue weighted by Gasteiger charge is 2.04. The molecule has 19 heavy (non-hydrogen) atoms. The van der Waals surface area contributed by atoms with Gasteiger partial charge < -0.3 is 10.3 Å². The number of nitrogens with zero attached hydrogens (tertiary/aromatic N) is 1. The van der Waals surface area contributed by atoms with E-state index in [0.29, 0.717) is 6.41 Å². The molecule has 0 aliphatic rings. The van der Waals surface area contributed by atoms with Gasteiger partial charge in [-0.2, -0.15) is 0 Å². The quantitative estimate of drug-likeness (QED) is 0.573. The lowest BCUT2D eigenvalue weighted by molar-refractivity contribution is -0.105. The molecule has 3 rings (SSSR count). The second-order valence-electron chi connectivity index (χ2n) is 4.09. The number of nitrogens with one attached hydrogen (secondary N) is 2. The normalized spacial score (nSPS) is 10.6. The summed E-state index contributed by atoms with van der Waals surface area (Å²) in [6, 6.07) is 13.5. The van der Waals surface area contributed by atoms with Crippen LogP contribution in [0.25, 0.3) is 22.3 Å². The number of amides is 1. The van der Waals surface area contributed by atoms with Crippen molar-refractivity contribution in [2.24, 2.45) is 0 Å². The molecule has 1 aromatic carbocycles. The first kappa shape index (κ1) is 11.9. The lowest BCUT2D eigenvalue weighted by atomic mass is 10.1. The number of H-pyrrole nitrogens is 1. The maximum Gasteiger partial charge on any atom is 0.211 e. The highest BCUT2D eigenvalue weighted by Crippen LogP contribution is 2.25. The van der Waals surface area contributed by atoms with Crippen molar-refractivity contribution in [2.75, 3.05) is 5.32 Å². The number of carbonyl (C=O) groups excluding carboxylic acids is 1. The molecule has 2 heterocycles. The van der Waals surface area contributed by atoms with Gasteiger partial charge in [0.2, 0.25) is 6.41 Å². The Hall–Kier alpha value is -2.14. The first-order valence-electron chi connectivity index (χ1n) is 5.72. The van der Waals surface area contributed by atoms with Gasteiger partial charge in [0, 0.05) is 11.4 Å². The Labute approximate surface area is 118 Å². The van der Waals surface area contributed by atoms with E-state index in [1.54, 1.807) is 0 Å². The highest BCUT2D eigenvalue weighted by atomic mass is 79.9. The number of hydrogen-bond donors (Lipinski definition) is 2. The number of carbonyl (C=O) groups is 1. The largest absolute Gasteiger partial charge is 0.353 e. The summed E-state index contributed by atoms with van der Waals surface area (Å²) >= 11 is 3.36. The number of anilines is 1. The zero-order chi connectivity index (χ0) is 13.2. The van der Waals surface area contributed by atoms with Gasteiger partial charge in [-0.05, 0) is 51.8 Å². The van der Waals surface area contributed by atoms with Crippen LogP contribution < -0.4 is 5.32 Å². The Morgan fingerprint density at radius 2 is 1.95 bits per heavy atom. The van der Waals surface area contributed by atoms with E-state index in [-0.39, 0.29) is 0 Å². The number of halogens is 1. The van der Waals surface area contributed by atoms with Crippen molar-refractivity contribution in [3.63, 3.8) is 0 Å². The van der Waals surface area contributed by atoms with E-state index in [1.165, 1.54) is 0 Å². The summed E-state index contributed by atoms with van der Waals surface area (Å²) < 4.78 is 0.816. The first-order valence-corrected chi connectivity index (χ1v) is 6.51. The topological polar surface area (TPSA) is 57.8 Å². The van der Waals surface area contributed by atoms with Crippen LogP contribution in [-0.4, -0.2) is 16.4 Å². The van der Waals surface area contributed by atoms with E-state index in [2.05, 4.69) is 31.2 Å². The lowest BCUT2D eigenvalue weighted by Crippen LogP contribution is -1.92. The summed E-state index contributed by atoms with van der Waals surface area (Å²) in [5, 5.41) is 2.61. The van der Waals surface area contributed by atoms with Gasteiger partial charge in [0.1, 0.15) is 4.60 Å². The summed E-state index contributed by atoms with van der Waals surface area (Å²) in [5.41, 5.74) is 4.73. The molecule has 4 nitrogen and oxygen atoms in total. The molecule has 0 saturated heterocycles. The molecule has 1 amide bonds. The number of aromatic amines is 1. The number of rotatable bonds is 3. The minimum absolute atomic E-state index is 0.666. The number of benzene rings is 1. The van der Waals surface area contributed by atoms with E-state index < -0.39 is 0 Å². The second-order valence-corrected chi connectivity index (χ2v) is 4.90. The van der Waals surface area contributed by atoms with Gasteiger partial charge in [-0.25, -0.2) is 4.98 Å². The maximum absolute atomic E-state index is 10.3. The van der Waals surface area contributed by atoms with Crippen molar-refractivity contribution in [3.8, 4) is 11.3 Å². The van der Waals surface area contributed by atoms with Crippen molar-refractivity contribution >= 4 is 39.1 Å². The molecule has 0 aliphatic heterocycles. The fourth-order valence-corrected chi connectivity index (χ4v) is 2.28. The van der Waals surface area contributed by atoms with Gasteiger partial charge in [0.05, 0.1) is 11.0 Å². The van der Waals surface area contributed by atoms with Gasteiger partial charge >= 0.3 is 0 Å². The smallest absolute Gasteiger partial charge is 0.211 e. The molecule has 5 heteroatoms. The maximum atomic E-state index is 10.3. The molecular formula is C14H10BrN3O. The number of fused-ring (bicyclic) bond motifs is 1. The number of aromatic nitrogens is 2. The van der Waals surface area contributed by atoms with E-state index in [1.807, 2.05) is 42.5 Å². The van der Waals surface area contributed by atoms with Gasteiger partial charge in [-0.1, -0.05) is 12.1 Å². The SMILES string of the molecule is O=CNc1ccc(-c2cc3nc(Br)ccc3[nH]2)cc1. The van der Waals surface area contributed by atoms with Crippen molar-refractivity contribution in [3.05, 3.63) is 47.1 Å². The minimum Gasteiger partial charge on any atom is -0.353 e. The molecular weight excluding hydrogens is 306 g/mol. The fraction of sp³-hybridized carbons (Fsp3) is 0. The van der Waals surface area contributed by atoms with Crippen LogP contribution in [0.2, 0.25) is 0 Å². The van der Waals surface area contributed by atoms with Crippen molar-refractivity contribution in [2.45, 2.75) is 0 Å². The Balaban J connectivity index is 2.01. The van der Waals surface area contributed by atoms with E-state index in [4.69, 9.17) is 0 Å². The fourth-order valence-electron chi connectivity index (χ4n) is 1.95. The molecule has 94 valence electrons. The molecule has 0 aliphatic carbocycles. The van der Waals surface area contributed by atoms with Gasteiger partial charge in [0.15, 0.2) is 0 Å². The molecule has 0 spiro atoms. The molecule has 2 aromatic heterocycles. The summed E-state index contributed by atoms with van der Waals surface area (Å²) in [6.07, 6.45) is 0.666. The zero-order valence-electron chi connectivity index (χ0n) is 9.85. The molecule has 0 radical (unpaired) electrons. The molecule has 2 N–H and O–H groups in total. The Morgan fingerprint density at radius 3 is 2.68 bits per heavy atom. The zero-order valence-corrected chi connectivity index (χ0v) is 11.4. The second kappa shape index (κ2) is 4.85. The van der Waals surface area contributed by atoms with Crippen LogP contribution in [-0.2, 0) is 4.79 Å². The number of hydrogen-bond acceptors (Lipinski definition) is 2. The molecule has 0 unspecified atom stereocenters. The molecule has 0 atom stereocenters.